The van der Waals surface area contributed by atoms with Crippen LogP contribution in [0.2, 0.25) is 0 Å². The lowest BCUT2D eigenvalue weighted by Gasteiger charge is -2.26. The van der Waals surface area contributed by atoms with Crippen molar-refractivity contribution >= 4 is 16.6 Å². The van der Waals surface area contributed by atoms with E-state index in [1.165, 1.54) is 45.2 Å². The van der Waals surface area contributed by atoms with E-state index in [1.807, 2.05) is 54.6 Å². The number of rotatable bonds is 12. The summed E-state index contributed by atoms with van der Waals surface area (Å²) in [6.07, 6.45) is 7.31. The number of piperidine rings is 1. The van der Waals surface area contributed by atoms with E-state index in [2.05, 4.69) is 42.2 Å². The molecule has 0 aliphatic carbocycles. The second-order valence-electron chi connectivity index (χ2n) is 10.4. The number of benzene rings is 4. The molecule has 0 saturated carbocycles. The van der Waals surface area contributed by atoms with Crippen molar-refractivity contribution in [3.05, 3.63) is 96.1 Å². The molecule has 0 N–H and O–H groups in total. The number of ketones is 1. The molecule has 4 nitrogen and oxygen atoms in total. The zero-order chi connectivity index (χ0) is 26.9. The van der Waals surface area contributed by atoms with Gasteiger partial charge in [0.2, 0.25) is 0 Å². The zero-order valence-electron chi connectivity index (χ0n) is 23.0. The van der Waals surface area contributed by atoms with E-state index in [0.717, 1.165) is 58.5 Å². The van der Waals surface area contributed by atoms with Gasteiger partial charge in [0.05, 0.1) is 6.61 Å². The van der Waals surface area contributed by atoms with Gasteiger partial charge < -0.3 is 9.47 Å². The largest absolute Gasteiger partial charge is 0.494 e. The fourth-order valence-corrected chi connectivity index (χ4v) is 5.35. The molecule has 1 saturated heterocycles. The van der Waals surface area contributed by atoms with Crippen LogP contribution in [0, 0.1) is 0 Å². The minimum Gasteiger partial charge on any atom is -0.494 e. The predicted octanol–water partition coefficient (Wildman–Crippen LogP) is 8.17. The van der Waals surface area contributed by atoms with Gasteiger partial charge in [-0.15, -0.1) is 0 Å². The highest BCUT2D eigenvalue weighted by atomic mass is 16.5. The first-order valence-corrected chi connectivity index (χ1v) is 14.5. The molecule has 39 heavy (non-hydrogen) atoms. The molecule has 5 rings (SSSR count). The van der Waals surface area contributed by atoms with Crippen LogP contribution in [-0.2, 0) is 0 Å². The maximum atomic E-state index is 14.0. The molecule has 0 spiro atoms. The topological polar surface area (TPSA) is 38.8 Å². The quantitative estimate of drug-likeness (QED) is 0.139. The Morgan fingerprint density at radius 2 is 1.44 bits per heavy atom. The van der Waals surface area contributed by atoms with Gasteiger partial charge in [-0.2, -0.15) is 0 Å². The molecule has 0 unspecified atom stereocenters. The molecule has 1 fully saturated rings. The van der Waals surface area contributed by atoms with Gasteiger partial charge in [-0.3, -0.25) is 9.69 Å². The van der Waals surface area contributed by atoms with Gasteiger partial charge >= 0.3 is 0 Å². The Kier molecular flexibility index (Phi) is 9.29. The first kappa shape index (κ1) is 27.0. The molecule has 4 aromatic carbocycles. The average molecular weight is 522 g/mol. The smallest absolute Gasteiger partial charge is 0.194 e. The molecule has 0 atom stereocenters. The highest BCUT2D eigenvalue weighted by Gasteiger charge is 2.19. The Morgan fingerprint density at radius 3 is 2.18 bits per heavy atom. The minimum absolute atomic E-state index is 0.0153. The van der Waals surface area contributed by atoms with E-state index in [1.54, 1.807) is 0 Å². The molecule has 0 bridgehead atoms. The van der Waals surface area contributed by atoms with E-state index < -0.39 is 0 Å². The second-order valence-corrected chi connectivity index (χ2v) is 10.4. The third-order valence-corrected chi connectivity index (χ3v) is 7.58. The third kappa shape index (κ3) is 6.88. The van der Waals surface area contributed by atoms with Gasteiger partial charge in [-0.1, -0.05) is 74.7 Å². The van der Waals surface area contributed by atoms with Crippen molar-refractivity contribution in [2.75, 3.05) is 32.8 Å². The van der Waals surface area contributed by atoms with Crippen LogP contribution in [0.4, 0.5) is 0 Å². The summed E-state index contributed by atoms with van der Waals surface area (Å²) in [4.78, 5) is 16.5. The van der Waals surface area contributed by atoms with Crippen LogP contribution < -0.4 is 9.47 Å². The Hall–Kier alpha value is -3.63. The number of likely N-dealkylation sites (tertiary alicyclic amines) is 1. The Labute approximate surface area is 232 Å². The molecule has 1 aliphatic rings. The van der Waals surface area contributed by atoms with E-state index in [4.69, 9.17) is 9.47 Å². The number of nitrogens with zero attached hydrogens (tertiary/aromatic N) is 1. The molecule has 0 aromatic heterocycles. The van der Waals surface area contributed by atoms with Gasteiger partial charge in [0.15, 0.2) is 5.78 Å². The summed E-state index contributed by atoms with van der Waals surface area (Å²) < 4.78 is 11.9. The van der Waals surface area contributed by atoms with Crippen molar-refractivity contribution in [3.63, 3.8) is 0 Å². The molecule has 1 aliphatic heterocycles. The molecular formula is C35H39NO3. The summed E-state index contributed by atoms with van der Waals surface area (Å²) in [5, 5.41) is 2.01. The van der Waals surface area contributed by atoms with Crippen molar-refractivity contribution in [2.24, 2.45) is 0 Å². The van der Waals surface area contributed by atoms with Gasteiger partial charge in [0, 0.05) is 17.7 Å². The lowest BCUT2D eigenvalue weighted by atomic mass is 9.89. The van der Waals surface area contributed by atoms with Gasteiger partial charge in [0.25, 0.3) is 0 Å². The summed E-state index contributed by atoms with van der Waals surface area (Å²) in [5.41, 5.74) is 3.32. The highest BCUT2D eigenvalue weighted by Crippen LogP contribution is 2.33. The van der Waals surface area contributed by atoms with Crippen LogP contribution in [0.25, 0.3) is 21.9 Å². The third-order valence-electron chi connectivity index (χ3n) is 7.58. The fourth-order valence-electron chi connectivity index (χ4n) is 5.35. The molecule has 4 heteroatoms. The molecule has 0 amide bonds. The SMILES string of the molecule is CCCCCOc1ccc(-c2ccc3ccccc3c2C(=O)c2ccc(OCCN3CCCCC3)cc2)cc1. The molecule has 202 valence electrons. The summed E-state index contributed by atoms with van der Waals surface area (Å²) >= 11 is 0. The lowest BCUT2D eigenvalue weighted by Crippen LogP contribution is -2.33. The summed E-state index contributed by atoms with van der Waals surface area (Å²) in [6, 6.07) is 28.0. The predicted molar refractivity (Wildman–Crippen MR) is 160 cm³/mol. The Morgan fingerprint density at radius 1 is 0.744 bits per heavy atom. The molecule has 1 heterocycles. The van der Waals surface area contributed by atoms with Crippen molar-refractivity contribution in [1.29, 1.82) is 0 Å². The van der Waals surface area contributed by atoms with Crippen LogP contribution in [0.1, 0.15) is 61.4 Å². The van der Waals surface area contributed by atoms with Gasteiger partial charge in [-0.25, -0.2) is 0 Å². The molecule has 0 radical (unpaired) electrons. The van der Waals surface area contributed by atoms with Crippen molar-refractivity contribution in [2.45, 2.75) is 45.4 Å². The number of ether oxygens (including phenoxy) is 2. The number of hydrogen-bond donors (Lipinski definition) is 0. The standard InChI is InChI=1S/C35H39NO3/c1-2-3-9-25-38-30-17-12-28(13-18-30)33-21-16-27-10-5-6-11-32(27)34(33)35(37)29-14-19-31(20-15-29)39-26-24-36-22-7-4-8-23-36/h5-6,10-21H,2-4,7-9,22-26H2,1H3. The highest BCUT2D eigenvalue weighted by molar-refractivity contribution is 6.20. The van der Waals surface area contributed by atoms with E-state index in [9.17, 15) is 4.79 Å². The average Bonchev–Trinajstić information content (AvgIpc) is 3.00. The van der Waals surface area contributed by atoms with Crippen LogP contribution >= 0.6 is 0 Å². The van der Waals surface area contributed by atoms with E-state index in [-0.39, 0.29) is 5.78 Å². The lowest BCUT2D eigenvalue weighted by molar-refractivity contribution is 0.104. The Bertz CT molecular complexity index is 1360. The van der Waals surface area contributed by atoms with Crippen LogP contribution in [0.3, 0.4) is 0 Å². The summed E-state index contributed by atoms with van der Waals surface area (Å²) in [5.74, 6) is 1.68. The molecular weight excluding hydrogens is 482 g/mol. The second kappa shape index (κ2) is 13.4. The van der Waals surface area contributed by atoms with Crippen molar-refractivity contribution < 1.29 is 14.3 Å². The first-order valence-electron chi connectivity index (χ1n) is 14.5. The van der Waals surface area contributed by atoms with Gasteiger partial charge in [0.1, 0.15) is 18.1 Å². The number of carbonyl (C=O) groups excluding carboxylic acids is 1. The van der Waals surface area contributed by atoms with Crippen molar-refractivity contribution in [1.82, 2.24) is 4.90 Å². The summed E-state index contributed by atoms with van der Waals surface area (Å²) in [6.45, 7) is 6.86. The first-order chi connectivity index (χ1) is 19.2. The molecule has 4 aromatic rings. The zero-order valence-corrected chi connectivity index (χ0v) is 23.0. The number of unbranched alkanes of at least 4 members (excludes halogenated alkanes) is 2. The van der Waals surface area contributed by atoms with Crippen LogP contribution in [0.5, 0.6) is 11.5 Å². The van der Waals surface area contributed by atoms with E-state index >= 15 is 0 Å². The van der Waals surface area contributed by atoms with Crippen molar-refractivity contribution in [3.8, 4) is 22.6 Å². The number of carbonyl (C=O) groups is 1. The fraction of sp³-hybridized carbons (Fsp3) is 0.343. The summed E-state index contributed by atoms with van der Waals surface area (Å²) in [7, 11) is 0. The monoisotopic (exact) mass is 521 g/mol. The van der Waals surface area contributed by atoms with Crippen LogP contribution in [-0.4, -0.2) is 43.5 Å². The Balaban J connectivity index is 1.35. The van der Waals surface area contributed by atoms with Gasteiger partial charge in [-0.05, 0) is 90.6 Å². The number of hydrogen-bond acceptors (Lipinski definition) is 4. The van der Waals surface area contributed by atoms with E-state index in [0.29, 0.717) is 12.2 Å². The normalized spacial score (nSPS) is 13.9. The maximum Gasteiger partial charge on any atom is 0.194 e. The van der Waals surface area contributed by atoms with Crippen LogP contribution in [0.15, 0.2) is 84.9 Å². The maximum absolute atomic E-state index is 14.0. The number of fused-ring (bicyclic) bond motifs is 1. The minimum atomic E-state index is 0.0153.